The average molecular weight is 225 g/mol. The summed E-state index contributed by atoms with van der Waals surface area (Å²) in [6.07, 6.45) is 0.282. The van der Waals surface area contributed by atoms with E-state index in [-0.39, 0.29) is 17.9 Å². The highest BCUT2D eigenvalue weighted by Crippen LogP contribution is 2.13. The predicted molar refractivity (Wildman–Crippen MR) is 61.0 cm³/mol. The van der Waals surface area contributed by atoms with Gasteiger partial charge in [0.1, 0.15) is 5.76 Å². The molecule has 0 aromatic carbocycles. The highest BCUT2D eigenvalue weighted by Gasteiger charge is 2.20. The molecule has 90 valence electrons. The van der Waals surface area contributed by atoms with Crippen molar-refractivity contribution in [1.82, 2.24) is 10.5 Å². The van der Waals surface area contributed by atoms with E-state index in [2.05, 4.69) is 10.5 Å². The van der Waals surface area contributed by atoms with Crippen molar-refractivity contribution in [2.24, 2.45) is 5.73 Å². The Hall–Kier alpha value is -1.36. The minimum Gasteiger partial charge on any atom is -0.361 e. The molecule has 0 aliphatic rings. The van der Waals surface area contributed by atoms with E-state index in [4.69, 9.17) is 10.3 Å². The summed E-state index contributed by atoms with van der Waals surface area (Å²) in [5.74, 6) is 0.628. The number of nitrogens with one attached hydrogen (secondary N) is 1. The number of hydrogen-bond donors (Lipinski definition) is 2. The van der Waals surface area contributed by atoms with Gasteiger partial charge in [-0.15, -0.1) is 0 Å². The van der Waals surface area contributed by atoms with Crippen LogP contribution in [-0.2, 0) is 11.2 Å². The molecule has 16 heavy (non-hydrogen) atoms. The lowest BCUT2D eigenvalue weighted by molar-refractivity contribution is -0.121. The first-order valence-corrected chi connectivity index (χ1v) is 5.28. The second-order valence-electron chi connectivity index (χ2n) is 4.62. The number of carbonyl (C=O) groups is 1. The van der Waals surface area contributed by atoms with Crippen LogP contribution < -0.4 is 11.1 Å². The van der Waals surface area contributed by atoms with Crippen LogP contribution >= 0.6 is 0 Å². The molecule has 3 N–H and O–H groups in total. The van der Waals surface area contributed by atoms with Crippen LogP contribution in [0.3, 0.4) is 0 Å². The topological polar surface area (TPSA) is 81.2 Å². The van der Waals surface area contributed by atoms with Crippen LogP contribution in [0.4, 0.5) is 0 Å². The summed E-state index contributed by atoms with van der Waals surface area (Å²) in [7, 11) is 0. The highest BCUT2D eigenvalue weighted by molar-refractivity contribution is 5.79. The molecular weight excluding hydrogens is 206 g/mol. The van der Waals surface area contributed by atoms with E-state index in [0.29, 0.717) is 12.3 Å². The van der Waals surface area contributed by atoms with Crippen LogP contribution in [0.25, 0.3) is 0 Å². The first-order valence-electron chi connectivity index (χ1n) is 5.28. The zero-order chi connectivity index (χ0) is 12.3. The van der Waals surface area contributed by atoms with E-state index < -0.39 is 0 Å². The Morgan fingerprint density at radius 3 is 2.56 bits per heavy atom. The molecule has 0 aliphatic heterocycles. The third kappa shape index (κ3) is 3.06. The maximum atomic E-state index is 11.8. The molecule has 5 nitrogen and oxygen atoms in total. The number of hydrogen-bond acceptors (Lipinski definition) is 4. The number of rotatable bonds is 4. The molecule has 0 atom stereocenters. The number of nitrogens with two attached hydrogens (primary N) is 1. The standard InChI is InChI=1S/C11H19N3O2/c1-7-9(8(2)16-14-7)5-10(15)13-11(3,4)6-12/h5-6,12H2,1-4H3,(H,13,15). The lowest BCUT2D eigenvalue weighted by Crippen LogP contribution is -2.49. The first-order chi connectivity index (χ1) is 7.35. The average Bonchev–Trinajstić information content (AvgIpc) is 2.49. The number of aryl methyl sites for hydroxylation is 2. The SMILES string of the molecule is Cc1noc(C)c1CC(=O)NC(C)(C)CN. The first kappa shape index (κ1) is 12.7. The summed E-state index contributed by atoms with van der Waals surface area (Å²) < 4.78 is 5.00. The molecule has 1 rings (SSSR count). The Labute approximate surface area is 95.4 Å². The minimum atomic E-state index is -0.379. The molecule has 0 bridgehead atoms. The fourth-order valence-corrected chi connectivity index (χ4v) is 1.39. The summed E-state index contributed by atoms with van der Waals surface area (Å²) in [5.41, 5.74) is 6.78. The summed E-state index contributed by atoms with van der Waals surface area (Å²) in [5, 5.41) is 6.67. The van der Waals surface area contributed by atoms with E-state index in [1.165, 1.54) is 0 Å². The minimum absolute atomic E-state index is 0.0650. The molecule has 0 unspecified atom stereocenters. The highest BCUT2D eigenvalue weighted by atomic mass is 16.5. The zero-order valence-electron chi connectivity index (χ0n) is 10.3. The van der Waals surface area contributed by atoms with E-state index >= 15 is 0 Å². The number of nitrogens with zero attached hydrogens (tertiary/aromatic N) is 1. The van der Waals surface area contributed by atoms with E-state index in [0.717, 1.165) is 11.3 Å². The molecule has 5 heteroatoms. The molecule has 0 fully saturated rings. The van der Waals surface area contributed by atoms with Crippen molar-refractivity contribution in [2.45, 2.75) is 39.7 Å². The van der Waals surface area contributed by atoms with Crippen LogP contribution in [0.1, 0.15) is 30.9 Å². The van der Waals surface area contributed by atoms with Gasteiger partial charge in [0.05, 0.1) is 12.1 Å². The number of carbonyl (C=O) groups excluding carboxylic acids is 1. The molecule has 1 heterocycles. The normalized spacial score (nSPS) is 11.6. The molecule has 0 saturated carbocycles. The molecule has 0 saturated heterocycles. The smallest absolute Gasteiger partial charge is 0.225 e. The van der Waals surface area contributed by atoms with Crippen molar-refractivity contribution in [1.29, 1.82) is 0 Å². The van der Waals surface area contributed by atoms with Crippen LogP contribution in [-0.4, -0.2) is 23.1 Å². The van der Waals surface area contributed by atoms with Gasteiger partial charge in [0, 0.05) is 17.6 Å². The monoisotopic (exact) mass is 225 g/mol. The van der Waals surface area contributed by atoms with E-state index in [1.54, 1.807) is 6.92 Å². The molecule has 0 aliphatic carbocycles. The second kappa shape index (κ2) is 4.65. The van der Waals surface area contributed by atoms with Gasteiger partial charge in [-0.2, -0.15) is 0 Å². The largest absolute Gasteiger partial charge is 0.361 e. The Balaban J connectivity index is 2.66. The predicted octanol–water partition coefficient (Wildman–Crippen LogP) is 0.687. The van der Waals surface area contributed by atoms with Crippen LogP contribution in [0, 0.1) is 13.8 Å². The summed E-state index contributed by atoms with van der Waals surface area (Å²) in [6, 6.07) is 0. The van der Waals surface area contributed by atoms with Gasteiger partial charge < -0.3 is 15.6 Å². The third-order valence-electron chi connectivity index (χ3n) is 2.51. The Kier molecular flexibility index (Phi) is 3.70. The Bertz CT molecular complexity index is 363. The number of aromatic nitrogens is 1. The van der Waals surface area contributed by atoms with Gasteiger partial charge in [-0.05, 0) is 27.7 Å². The summed E-state index contributed by atoms with van der Waals surface area (Å²) in [6.45, 7) is 7.81. The molecule has 0 radical (unpaired) electrons. The van der Waals surface area contributed by atoms with Crippen molar-refractivity contribution in [3.63, 3.8) is 0 Å². The molecule has 0 spiro atoms. The van der Waals surface area contributed by atoms with Crippen molar-refractivity contribution in [3.8, 4) is 0 Å². The van der Waals surface area contributed by atoms with E-state index in [9.17, 15) is 4.79 Å². The Morgan fingerprint density at radius 2 is 2.12 bits per heavy atom. The maximum absolute atomic E-state index is 11.8. The Morgan fingerprint density at radius 1 is 1.50 bits per heavy atom. The fourth-order valence-electron chi connectivity index (χ4n) is 1.39. The third-order valence-corrected chi connectivity index (χ3v) is 2.51. The maximum Gasteiger partial charge on any atom is 0.225 e. The lowest BCUT2D eigenvalue weighted by Gasteiger charge is -2.24. The van der Waals surface area contributed by atoms with Gasteiger partial charge in [0.25, 0.3) is 0 Å². The van der Waals surface area contributed by atoms with Gasteiger partial charge >= 0.3 is 0 Å². The zero-order valence-corrected chi connectivity index (χ0v) is 10.3. The van der Waals surface area contributed by atoms with Gasteiger partial charge in [0.15, 0.2) is 0 Å². The van der Waals surface area contributed by atoms with Crippen LogP contribution in [0.5, 0.6) is 0 Å². The fraction of sp³-hybridized carbons (Fsp3) is 0.636. The molecule has 1 amide bonds. The molecule has 1 aromatic rings. The molecule has 1 aromatic heterocycles. The van der Waals surface area contributed by atoms with Gasteiger partial charge in [-0.25, -0.2) is 0 Å². The van der Waals surface area contributed by atoms with Crippen molar-refractivity contribution < 1.29 is 9.32 Å². The van der Waals surface area contributed by atoms with Crippen molar-refractivity contribution in [3.05, 3.63) is 17.0 Å². The molecular formula is C11H19N3O2. The van der Waals surface area contributed by atoms with Crippen LogP contribution in [0.15, 0.2) is 4.52 Å². The van der Waals surface area contributed by atoms with Crippen LogP contribution in [0.2, 0.25) is 0 Å². The summed E-state index contributed by atoms with van der Waals surface area (Å²) in [4.78, 5) is 11.8. The second-order valence-corrected chi connectivity index (χ2v) is 4.62. The van der Waals surface area contributed by atoms with Gasteiger partial charge in [0.2, 0.25) is 5.91 Å². The van der Waals surface area contributed by atoms with Crippen molar-refractivity contribution >= 4 is 5.91 Å². The van der Waals surface area contributed by atoms with Gasteiger partial charge in [-0.1, -0.05) is 5.16 Å². The quantitative estimate of drug-likeness (QED) is 0.789. The van der Waals surface area contributed by atoms with Crippen molar-refractivity contribution in [2.75, 3.05) is 6.54 Å². The summed E-state index contributed by atoms with van der Waals surface area (Å²) >= 11 is 0. The van der Waals surface area contributed by atoms with Gasteiger partial charge in [-0.3, -0.25) is 4.79 Å². The number of amides is 1. The lowest BCUT2D eigenvalue weighted by atomic mass is 10.0. The van der Waals surface area contributed by atoms with E-state index in [1.807, 2.05) is 20.8 Å².